The highest BCUT2D eigenvalue weighted by Crippen LogP contribution is 2.24. The van der Waals surface area contributed by atoms with Crippen molar-refractivity contribution in [1.82, 2.24) is 10.2 Å². The Morgan fingerprint density at radius 2 is 2.42 bits per heavy atom. The Hall–Kier alpha value is -1.11. The molecule has 19 heavy (non-hydrogen) atoms. The summed E-state index contributed by atoms with van der Waals surface area (Å²) >= 11 is 3.18. The van der Waals surface area contributed by atoms with Gasteiger partial charge in [0.2, 0.25) is 0 Å². The third-order valence-corrected chi connectivity index (χ3v) is 3.71. The molecule has 0 aromatic heterocycles. The minimum Gasteiger partial charge on any atom is -0.507 e. The van der Waals surface area contributed by atoms with E-state index in [1.165, 1.54) is 6.07 Å². The SMILES string of the molecule is CN1CCOC(CNC(=O)c2ccc(Br)c(O)c2)C1. The van der Waals surface area contributed by atoms with Crippen LogP contribution < -0.4 is 5.32 Å². The number of aromatic hydroxyl groups is 1. The molecule has 104 valence electrons. The van der Waals surface area contributed by atoms with Gasteiger partial charge in [-0.15, -0.1) is 0 Å². The first-order chi connectivity index (χ1) is 9.06. The Morgan fingerprint density at radius 3 is 3.11 bits per heavy atom. The summed E-state index contributed by atoms with van der Waals surface area (Å²) < 4.78 is 6.13. The van der Waals surface area contributed by atoms with Gasteiger partial charge in [-0.2, -0.15) is 0 Å². The minimum absolute atomic E-state index is 0.0201. The van der Waals surface area contributed by atoms with Crippen molar-refractivity contribution < 1.29 is 14.6 Å². The molecule has 1 atom stereocenters. The van der Waals surface area contributed by atoms with Crippen LogP contribution in [0.5, 0.6) is 5.75 Å². The van der Waals surface area contributed by atoms with Crippen LogP contribution in [-0.2, 0) is 4.74 Å². The second kappa shape index (κ2) is 6.36. The summed E-state index contributed by atoms with van der Waals surface area (Å²) in [5, 5.41) is 12.4. The molecule has 1 unspecified atom stereocenters. The number of phenols is 1. The minimum atomic E-state index is -0.209. The van der Waals surface area contributed by atoms with Crippen molar-refractivity contribution in [3.05, 3.63) is 28.2 Å². The number of morpholine rings is 1. The van der Waals surface area contributed by atoms with E-state index in [0.717, 1.165) is 13.1 Å². The number of carbonyl (C=O) groups is 1. The molecule has 1 aromatic carbocycles. The Morgan fingerprint density at radius 1 is 1.63 bits per heavy atom. The molecule has 0 aliphatic carbocycles. The van der Waals surface area contributed by atoms with E-state index >= 15 is 0 Å². The van der Waals surface area contributed by atoms with Gasteiger partial charge in [0.25, 0.3) is 5.91 Å². The molecule has 0 bridgehead atoms. The van der Waals surface area contributed by atoms with E-state index in [2.05, 4.69) is 26.1 Å². The fraction of sp³-hybridized carbons (Fsp3) is 0.462. The highest BCUT2D eigenvalue weighted by Gasteiger charge is 2.18. The lowest BCUT2D eigenvalue weighted by atomic mass is 10.2. The number of nitrogens with zero attached hydrogens (tertiary/aromatic N) is 1. The molecule has 1 amide bonds. The maximum absolute atomic E-state index is 11.9. The molecule has 1 aliphatic heterocycles. The average molecular weight is 329 g/mol. The van der Waals surface area contributed by atoms with Crippen LogP contribution in [0.4, 0.5) is 0 Å². The lowest BCUT2D eigenvalue weighted by Crippen LogP contribution is -2.45. The van der Waals surface area contributed by atoms with E-state index in [-0.39, 0.29) is 17.8 Å². The van der Waals surface area contributed by atoms with Gasteiger partial charge in [0.05, 0.1) is 17.2 Å². The van der Waals surface area contributed by atoms with Crippen LogP contribution in [0, 0.1) is 0 Å². The van der Waals surface area contributed by atoms with Crippen LogP contribution in [0.15, 0.2) is 22.7 Å². The standard InChI is InChI=1S/C13H17BrN2O3/c1-16-4-5-19-10(8-16)7-15-13(18)9-2-3-11(14)12(17)6-9/h2-3,6,10,17H,4-5,7-8H2,1H3,(H,15,18). The maximum atomic E-state index is 11.9. The lowest BCUT2D eigenvalue weighted by molar-refractivity contribution is -0.0175. The number of amides is 1. The summed E-state index contributed by atoms with van der Waals surface area (Å²) in [5.74, 6) is -0.152. The van der Waals surface area contributed by atoms with E-state index < -0.39 is 0 Å². The van der Waals surface area contributed by atoms with Crippen LogP contribution in [0.1, 0.15) is 10.4 Å². The fourth-order valence-electron chi connectivity index (χ4n) is 1.95. The zero-order valence-corrected chi connectivity index (χ0v) is 12.3. The zero-order chi connectivity index (χ0) is 13.8. The van der Waals surface area contributed by atoms with Crippen molar-refractivity contribution in [3.63, 3.8) is 0 Å². The van der Waals surface area contributed by atoms with Crippen molar-refractivity contribution in [3.8, 4) is 5.75 Å². The number of carbonyl (C=O) groups excluding carboxylic acids is 1. The van der Waals surface area contributed by atoms with E-state index in [0.29, 0.717) is 23.2 Å². The molecule has 5 nitrogen and oxygen atoms in total. The Kier molecular flexibility index (Phi) is 4.79. The number of ether oxygens (including phenoxy) is 1. The molecule has 0 spiro atoms. The molecular formula is C13H17BrN2O3. The first-order valence-corrected chi connectivity index (χ1v) is 6.92. The van der Waals surface area contributed by atoms with Crippen molar-refractivity contribution in [2.24, 2.45) is 0 Å². The summed E-state index contributed by atoms with van der Waals surface area (Å²) in [7, 11) is 2.03. The summed E-state index contributed by atoms with van der Waals surface area (Å²) in [6, 6.07) is 4.75. The maximum Gasteiger partial charge on any atom is 0.251 e. The van der Waals surface area contributed by atoms with Gasteiger partial charge in [0.1, 0.15) is 5.75 Å². The van der Waals surface area contributed by atoms with Crippen molar-refractivity contribution in [2.45, 2.75) is 6.10 Å². The topological polar surface area (TPSA) is 61.8 Å². The molecule has 0 saturated carbocycles. The average Bonchev–Trinajstić information content (AvgIpc) is 2.39. The molecule has 1 fully saturated rings. The first kappa shape index (κ1) is 14.3. The summed E-state index contributed by atoms with van der Waals surface area (Å²) in [6.45, 7) is 2.90. The monoisotopic (exact) mass is 328 g/mol. The predicted octanol–water partition coefficient (Wildman–Crippen LogP) is 1.22. The Bertz CT molecular complexity index is 467. The third-order valence-electron chi connectivity index (χ3n) is 3.04. The number of rotatable bonds is 3. The van der Waals surface area contributed by atoms with E-state index in [9.17, 15) is 9.90 Å². The zero-order valence-electron chi connectivity index (χ0n) is 10.7. The smallest absolute Gasteiger partial charge is 0.251 e. The van der Waals surface area contributed by atoms with Crippen LogP contribution in [0.3, 0.4) is 0 Å². The highest BCUT2D eigenvalue weighted by atomic mass is 79.9. The molecular weight excluding hydrogens is 312 g/mol. The van der Waals surface area contributed by atoms with Gasteiger partial charge in [-0.25, -0.2) is 0 Å². The number of hydrogen-bond donors (Lipinski definition) is 2. The van der Waals surface area contributed by atoms with Gasteiger partial charge < -0.3 is 20.1 Å². The molecule has 2 rings (SSSR count). The van der Waals surface area contributed by atoms with Crippen molar-refractivity contribution in [1.29, 1.82) is 0 Å². The number of benzene rings is 1. The van der Waals surface area contributed by atoms with Gasteiger partial charge in [-0.1, -0.05) is 0 Å². The Balaban J connectivity index is 1.88. The van der Waals surface area contributed by atoms with Gasteiger partial charge >= 0.3 is 0 Å². The normalized spacial score (nSPS) is 20.2. The largest absolute Gasteiger partial charge is 0.507 e. The molecule has 1 aromatic rings. The van der Waals surface area contributed by atoms with E-state index in [4.69, 9.17) is 4.74 Å². The molecule has 1 heterocycles. The number of hydrogen-bond acceptors (Lipinski definition) is 4. The molecule has 0 radical (unpaired) electrons. The molecule has 1 saturated heterocycles. The summed E-state index contributed by atoms with van der Waals surface area (Å²) in [5.41, 5.74) is 0.435. The van der Waals surface area contributed by atoms with Gasteiger partial charge in [0, 0.05) is 25.2 Å². The van der Waals surface area contributed by atoms with E-state index in [1.807, 2.05) is 7.05 Å². The number of nitrogens with one attached hydrogen (secondary N) is 1. The number of likely N-dealkylation sites (N-methyl/N-ethyl adjacent to an activating group) is 1. The highest BCUT2D eigenvalue weighted by molar-refractivity contribution is 9.10. The van der Waals surface area contributed by atoms with Crippen LogP contribution in [0.2, 0.25) is 0 Å². The first-order valence-electron chi connectivity index (χ1n) is 6.13. The number of halogens is 1. The second-order valence-electron chi connectivity index (χ2n) is 4.63. The summed E-state index contributed by atoms with van der Waals surface area (Å²) in [4.78, 5) is 14.1. The molecule has 6 heteroatoms. The predicted molar refractivity (Wildman–Crippen MR) is 75.4 cm³/mol. The second-order valence-corrected chi connectivity index (χ2v) is 5.49. The lowest BCUT2D eigenvalue weighted by Gasteiger charge is -2.30. The van der Waals surface area contributed by atoms with E-state index in [1.54, 1.807) is 12.1 Å². The molecule has 1 aliphatic rings. The van der Waals surface area contributed by atoms with Crippen molar-refractivity contribution >= 4 is 21.8 Å². The fourth-order valence-corrected chi connectivity index (χ4v) is 2.20. The van der Waals surface area contributed by atoms with Crippen LogP contribution in [0.25, 0.3) is 0 Å². The van der Waals surface area contributed by atoms with Gasteiger partial charge in [-0.05, 0) is 41.2 Å². The quantitative estimate of drug-likeness (QED) is 0.875. The van der Waals surface area contributed by atoms with Gasteiger partial charge in [0.15, 0.2) is 0 Å². The Labute approximate surface area is 120 Å². The van der Waals surface area contributed by atoms with Gasteiger partial charge in [-0.3, -0.25) is 4.79 Å². The molecule has 2 N–H and O–H groups in total. The van der Waals surface area contributed by atoms with Crippen LogP contribution >= 0.6 is 15.9 Å². The van der Waals surface area contributed by atoms with Crippen LogP contribution in [-0.4, -0.2) is 55.3 Å². The number of phenolic OH excluding ortho intramolecular Hbond substituents is 1. The van der Waals surface area contributed by atoms with Crippen molar-refractivity contribution in [2.75, 3.05) is 33.3 Å². The summed E-state index contributed by atoms with van der Waals surface area (Å²) in [6.07, 6.45) is 0.0201. The third kappa shape index (κ3) is 3.92.